The Morgan fingerprint density at radius 1 is 1.32 bits per heavy atom. The van der Waals surface area contributed by atoms with Crippen molar-refractivity contribution in [3.05, 3.63) is 49.0 Å². The Hall–Kier alpha value is -0.260. The number of nitrogens with one attached hydrogen (secondary N) is 1. The minimum Gasteiger partial charge on any atom is -0.491 e. The molecule has 6 heteroatoms. The highest BCUT2D eigenvalue weighted by molar-refractivity contribution is 9.10. The van der Waals surface area contributed by atoms with Crippen LogP contribution >= 0.6 is 50.5 Å². The van der Waals surface area contributed by atoms with E-state index in [9.17, 15) is 0 Å². The van der Waals surface area contributed by atoms with E-state index in [0.29, 0.717) is 22.4 Å². The average molecular weight is 381 g/mol. The molecule has 19 heavy (non-hydrogen) atoms. The molecule has 102 valence electrons. The lowest BCUT2D eigenvalue weighted by atomic mass is 10.3. The van der Waals surface area contributed by atoms with Gasteiger partial charge in [-0.2, -0.15) is 0 Å². The molecule has 0 fully saturated rings. The Morgan fingerprint density at radius 3 is 2.89 bits per heavy atom. The zero-order valence-corrected chi connectivity index (χ0v) is 13.9. The molecule has 1 N–H and O–H groups in total. The van der Waals surface area contributed by atoms with Crippen LogP contribution in [0.15, 0.2) is 34.1 Å². The van der Waals surface area contributed by atoms with Crippen molar-refractivity contribution in [2.45, 2.75) is 6.54 Å². The predicted octanol–water partition coefficient (Wildman–Crippen LogP) is 4.99. The van der Waals surface area contributed by atoms with Crippen molar-refractivity contribution >= 4 is 50.5 Å². The van der Waals surface area contributed by atoms with Gasteiger partial charge >= 0.3 is 0 Å². The summed E-state index contributed by atoms with van der Waals surface area (Å²) in [5, 5.41) is 6.35. The summed E-state index contributed by atoms with van der Waals surface area (Å²) >= 11 is 17.1. The summed E-state index contributed by atoms with van der Waals surface area (Å²) in [6.07, 6.45) is 0. The molecule has 0 bridgehead atoms. The van der Waals surface area contributed by atoms with Gasteiger partial charge < -0.3 is 10.1 Å². The zero-order valence-electron chi connectivity index (χ0n) is 9.96. The highest BCUT2D eigenvalue weighted by Gasteiger charge is 2.04. The molecule has 1 heterocycles. The van der Waals surface area contributed by atoms with Gasteiger partial charge in [0.05, 0.1) is 5.02 Å². The van der Waals surface area contributed by atoms with Crippen LogP contribution in [-0.4, -0.2) is 13.2 Å². The zero-order chi connectivity index (χ0) is 13.7. The van der Waals surface area contributed by atoms with E-state index in [1.807, 2.05) is 12.1 Å². The van der Waals surface area contributed by atoms with E-state index < -0.39 is 0 Å². The van der Waals surface area contributed by atoms with Gasteiger partial charge in [0.15, 0.2) is 0 Å². The smallest absolute Gasteiger partial charge is 0.139 e. The topological polar surface area (TPSA) is 21.3 Å². The van der Waals surface area contributed by atoms with E-state index in [4.69, 9.17) is 27.9 Å². The van der Waals surface area contributed by atoms with Gasteiger partial charge in [-0.05, 0) is 34.1 Å². The Bertz CT molecular complexity index is 547. The van der Waals surface area contributed by atoms with Gasteiger partial charge in [0.25, 0.3) is 0 Å². The molecule has 0 aliphatic rings. The lowest BCUT2D eigenvalue weighted by Gasteiger charge is -2.09. The maximum absolute atomic E-state index is 6.02. The summed E-state index contributed by atoms with van der Waals surface area (Å²) in [5.74, 6) is 0.620. The third kappa shape index (κ3) is 4.65. The quantitative estimate of drug-likeness (QED) is 0.713. The molecule has 2 aromatic rings. The number of halogens is 3. The fourth-order valence-electron chi connectivity index (χ4n) is 1.49. The van der Waals surface area contributed by atoms with Crippen LogP contribution < -0.4 is 10.1 Å². The predicted molar refractivity (Wildman–Crippen MR) is 85.7 cm³/mol. The molecule has 1 aromatic carbocycles. The molecule has 2 rings (SSSR count). The molecule has 0 radical (unpaired) electrons. The van der Waals surface area contributed by atoms with Gasteiger partial charge in [0.1, 0.15) is 17.4 Å². The van der Waals surface area contributed by atoms with Gasteiger partial charge in [-0.3, -0.25) is 0 Å². The summed E-state index contributed by atoms with van der Waals surface area (Å²) in [6.45, 7) is 2.13. The van der Waals surface area contributed by atoms with Crippen molar-refractivity contribution in [3.8, 4) is 5.75 Å². The van der Waals surface area contributed by atoms with Crippen molar-refractivity contribution in [1.82, 2.24) is 5.32 Å². The van der Waals surface area contributed by atoms with Crippen molar-refractivity contribution in [1.29, 1.82) is 0 Å². The standard InChI is InChI=1S/C13H12BrCl2NOS/c14-9-6-10(19-8-9)7-17-4-5-18-12-3-1-2-11(15)13(12)16/h1-3,6,8,17H,4-5,7H2. The lowest BCUT2D eigenvalue weighted by molar-refractivity contribution is 0.314. The summed E-state index contributed by atoms with van der Waals surface area (Å²) in [7, 11) is 0. The first-order valence-electron chi connectivity index (χ1n) is 5.67. The fraction of sp³-hybridized carbons (Fsp3) is 0.231. The number of hydrogen-bond donors (Lipinski definition) is 1. The van der Waals surface area contributed by atoms with Crippen LogP contribution in [-0.2, 0) is 6.54 Å². The Labute approximate surface area is 134 Å². The van der Waals surface area contributed by atoms with E-state index in [1.54, 1.807) is 17.4 Å². The summed E-state index contributed by atoms with van der Waals surface area (Å²) < 4.78 is 6.70. The van der Waals surface area contributed by atoms with Crippen LogP contribution in [0.4, 0.5) is 0 Å². The van der Waals surface area contributed by atoms with E-state index in [1.165, 1.54) is 4.88 Å². The molecule has 0 atom stereocenters. The van der Waals surface area contributed by atoms with E-state index in [-0.39, 0.29) is 0 Å². The molecule has 0 saturated carbocycles. The number of benzene rings is 1. The lowest BCUT2D eigenvalue weighted by Crippen LogP contribution is -2.20. The van der Waals surface area contributed by atoms with Crippen LogP contribution in [0.1, 0.15) is 4.88 Å². The third-order valence-corrected chi connectivity index (χ3v) is 4.87. The first-order valence-corrected chi connectivity index (χ1v) is 8.10. The molecule has 0 amide bonds. The van der Waals surface area contributed by atoms with Crippen LogP contribution in [0.2, 0.25) is 10.0 Å². The number of rotatable bonds is 6. The van der Waals surface area contributed by atoms with Gasteiger partial charge in [-0.25, -0.2) is 0 Å². The first-order chi connectivity index (χ1) is 9.16. The molecule has 0 spiro atoms. The molecule has 0 unspecified atom stereocenters. The average Bonchev–Trinajstić information content (AvgIpc) is 2.80. The summed E-state index contributed by atoms with van der Waals surface area (Å²) in [6, 6.07) is 7.47. The highest BCUT2D eigenvalue weighted by Crippen LogP contribution is 2.31. The Balaban J connectivity index is 1.71. The summed E-state index contributed by atoms with van der Waals surface area (Å²) in [4.78, 5) is 1.28. The van der Waals surface area contributed by atoms with Gasteiger partial charge in [0.2, 0.25) is 0 Å². The van der Waals surface area contributed by atoms with Crippen molar-refractivity contribution in [2.24, 2.45) is 0 Å². The number of hydrogen-bond acceptors (Lipinski definition) is 3. The third-order valence-electron chi connectivity index (χ3n) is 2.37. The molecule has 1 aromatic heterocycles. The Kier molecular flexibility index (Phi) is 5.98. The largest absolute Gasteiger partial charge is 0.491 e. The maximum Gasteiger partial charge on any atom is 0.139 e. The van der Waals surface area contributed by atoms with Crippen molar-refractivity contribution in [3.63, 3.8) is 0 Å². The Morgan fingerprint density at radius 2 is 2.16 bits per heavy atom. The van der Waals surface area contributed by atoms with Crippen LogP contribution in [0.3, 0.4) is 0 Å². The van der Waals surface area contributed by atoms with Gasteiger partial charge in [0, 0.05) is 27.8 Å². The maximum atomic E-state index is 6.02. The van der Waals surface area contributed by atoms with E-state index in [2.05, 4.69) is 32.7 Å². The second-order valence-corrected chi connectivity index (χ2v) is 6.51. The molecule has 0 saturated heterocycles. The fourth-order valence-corrected chi connectivity index (χ4v) is 3.25. The normalized spacial score (nSPS) is 10.7. The minimum atomic E-state index is 0.464. The second kappa shape index (κ2) is 7.50. The molecule has 2 nitrogen and oxygen atoms in total. The SMILES string of the molecule is Clc1cccc(OCCNCc2cc(Br)cs2)c1Cl. The molecular weight excluding hydrogens is 369 g/mol. The second-order valence-electron chi connectivity index (χ2n) is 3.81. The highest BCUT2D eigenvalue weighted by atomic mass is 79.9. The van der Waals surface area contributed by atoms with E-state index >= 15 is 0 Å². The van der Waals surface area contributed by atoms with Crippen LogP contribution in [0.5, 0.6) is 5.75 Å². The molecular formula is C13H12BrCl2NOS. The van der Waals surface area contributed by atoms with Crippen molar-refractivity contribution < 1.29 is 4.74 Å². The minimum absolute atomic E-state index is 0.464. The number of ether oxygens (including phenoxy) is 1. The van der Waals surface area contributed by atoms with Crippen molar-refractivity contribution in [2.75, 3.05) is 13.2 Å². The monoisotopic (exact) mass is 379 g/mol. The van der Waals surface area contributed by atoms with Gasteiger partial charge in [-0.1, -0.05) is 29.3 Å². The number of thiophene rings is 1. The first kappa shape index (κ1) is 15.1. The molecule has 0 aliphatic heterocycles. The van der Waals surface area contributed by atoms with E-state index in [0.717, 1.165) is 17.6 Å². The summed E-state index contributed by atoms with van der Waals surface area (Å²) in [5.41, 5.74) is 0. The van der Waals surface area contributed by atoms with Crippen LogP contribution in [0, 0.1) is 0 Å². The molecule has 0 aliphatic carbocycles. The van der Waals surface area contributed by atoms with Crippen LogP contribution in [0.25, 0.3) is 0 Å². The van der Waals surface area contributed by atoms with Gasteiger partial charge in [-0.15, -0.1) is 11.3 Å².